The number of rotatable bonds is 4. The third-order valence-corrected chi connectivity index (χ3v) is 3.99. The lowest BCUT2D eigenvalue weighted by Crippen LogP contribution is -2.34. The molecule has 110 valence electrons. The standard InChI is InChI=1S/C14H16N4O3/c1-8-5-11-15-6-10(9(2)18(11)17-8)12(19)16-7-14(3-4-14)13(20)21/h5-6H,3-4,7H2,1-2H3,(H,16,19)(H,20,21). The van der Waals surface area contributed by atoms with Gasteiger partial charge in [-0.3, -0.25) is 9.59 Å². The summed E-state index contributed by atoms with van der Waals surface area (Å²) in [5, 5.41) is 16.1. The van der Waals surface area contributed by atoms with E-state index in [4.69, 9.17) is 5.11 Å². The minimum Gasteiger partial charge on any atom is -0.481 e. The van der Waals surface area contributed by atoms with Crippen molar-refractivity contribution < 1.29 is 14.7 Å². The largest absolute Gasteiger partial charge is 0.481 e. The Morgan fingerprint density at radius 2 is 2.14 bits per heavy atom. The monoisotopic (exact) mass is 288 g/mol. The van der Waals surface area contributed by atoms with E-state index < -0.39 is 11.4 Å². The second-order valence-corrected chi connectivity index (χ2v) is 5.58. The van der Waals surface area contributed by atoms with Crippen LogP contribution in [0.25, 0.3) is 5.65 Å². The number of carbonyl (C=O) groups is 2. The molecule has 2 aromatic rings. The summed E-state index contributed by atoms with van der Waals surface area (Å²) >= 11 is 0. The zero-order chi connectivity index (χ0) is 15.2. The maximum Gasteiger partial charge on any atom is 0.311 e. The van der Waals surface area contributed by atoms with Crippen molar-refractivity contribution in [1.82, 2.24) is 19.9 Å². The average molecular weight is 288 g/mol. The maximum atomic E-state index is 12.2. The number of fused-ring (bicyclic) bond motifs is 1. The van der Waals surface area contributed by atoms with Gasteiger partial charge in [-0.1, -0.05) is 0 Å². The van der Waals surface area contributed by atoms with Gasteiger partial charge in [0.05, 0.1) is 22.4 Å². The molecule has 1 fully saturated rings. The van der Waals surface area contributed by atoms with Crippen LogP contribution in [0.3, 0.4) is 0 Å². The van der Waals surface area contributed by atoms with Gasteiger partial charge in [0.2, 0.25) is 0 Å². The summed E-state index contributed by atoms with van der Waals surface area (Å²) in [5.74, 6) is -1.17. The Bertz CT molecular complexity index is 746. The summed E-state index contributed by atoms with van der Waals surface area (Å²) in [6.07, 6.45) is 2.72. The molecule has 0 unspecified atom stereocenters. The Balaban J connectivity index is 1.81. The molecule has 7 nitrogen and oxygen atoms in total. The van der Waals surface area contributed by atoms with Crippen LogP contribution in [0.5, 0.6) is 0 Å². The van der Waals surface area contributed by atoms with Crippen LogP contribution in [0.15, 0.2) is 12.3 Å². The second kappa shape index (κ2) is 4.54. The molecule has 1 aliphatic rings. The van der Waals surface area contributed by atoms with Crippen LogP contribution in [-0.2, 0) is 4.79 Å². The van der Waals surface area contributed by atoms with Crippen molar-refractivity contribution in [2.45, 2.75) is 26.7 Å². The fraction of sp³-hybridized carbons (Fsp3) is 0.429. The molecule has 1 saturated carbocycles. The fourth-order valence-electron chi connectivity index (χ4n) is 2.35. The van der Waals surface area contributed by atoms with E-state index in [1.54, 1.807) is 11.4 Å². The van der Waals surface area contributed by atoms with Crippen LogP contribution in [-0.4, -0.2) is 38.1 Å². The lowest BCUT2D eigenvalue weighted by molar-refractivity contribution is -0.143. The number of carboxylic acids is 1. The molecule has 2 N–H and O–H groups in total. The summed E-state index contributed by atoms with van der Waals surface area (Å²) in [6, 6.07) is 1.83. The number of hydrogen-bond acceptors (Lipinski definition) is 4. The van der Waals surface area contributed by atoms with Gasteiger partial charge in [0, 0.05) is 18.8 Å². The van der Waals surface area contributed by atoms with E-state index in [0.29, 0.717) is 29.7 Å². The average Bonchev–Trinajstić information content (AvgIpc) is 3.13. The molecule has 0 bridgehead atoms. The number of aliphatic carboxylic acids is 1. The zero-order valence-electron chi connectivity index (χ0n) is 11.9. The van der Waals surface area contributed by atoms with Gasteiger partial charge in [0.25, 0.3) is 5.91 Å². The minimum atomic E-state index is -0.851. The van der Waals surface area contributed by atoms with E-state index in [0.717, 1.165) is 5.69 Å². The highest BCUT2D eigenvalue weighted by Gasteiger charge is 2.50. The molecule has 0 saturated heterocycles. The van der Waals surface area contributed by atoms with Gasteiger partial charge in [0.1, 0.15) is 0 Å². The van der Waals surface area contributed by atoms with E-state index in [2.05, 4.69) is 15.4 Å². The molecule has 2 heterocycles. The Hall–Kier alpha value is -2.44. The molecule has 0 atom stereocenters. The van der Waals surface area contributed by atoms with Crippen molar-refractivity contribution in [2.75, 3.05) is 6.54 Å². The third-order valence-electron chi connectivity index (χ3n) is 3.99. The van der Waals surface area contributed by atoms with Crippen LogP contribution in [0.2, 0.25) is 0 Å². The highest BCUT2D eigenvalue weighted by atomic mass is 16.4. The van der Waals surface area contributed by atoms with Crippen LogP contribution >= 0.6 is 0 Å². The number of carboxylic acid groups (broad SMARTS) is 1. The highest BCUT2D eigenvalue weighted by molar-refractivity contribution is 5.95. The summed E-state index contributed by atoms with van der Waals surface area (Å²) in [4.78, 5) is 27.5. The lowest BCUT2D eigenvalue weighted by Gasteiger charge is -2.12. The zero-order valence-corrected chi connectivity index (χ0v) is 11.9. The number of nitrogens with zero attached hydrogens (tertiary/aromatic N) is 3. The van der Waals surface area contributed by atoms with E-state index in [-0.39, 0.29) is 12.5 Å². The van der Waals surface area contributed by atoms with Gasteiger partial charge >= 0.3 is 5.97 Å². The van der Waals surface area contributed by atoms with Crippen molar-refractivity contribution in [3.8, 4) is 0 Å². The number of aryl methyl sites for hydroxylation is 2. The Morgan fingerprint density at radius 1 is 1.43 bits per heavy atom. The molecule has 7 heteroatoms. The predicted octanol–water partition coefficient (Wildman–Crippen LogP) is 0.941. The molecule has 1 amide bonds. The maximum absolute atomic E-state index is 12.2. The van der Waals surface area contributed by atoms with Gasteiger partial charge in [-0.05, 0) is 26.7 Å². The van der Waals surface area contributed by atoms with Crippen molar-refractivity contribution in [3.05, 3.63) is 29.2 Å². The minimum absolute atomic E-state index is 0.150. The first-order valence-corrected chi connectivity index (χ1v) is 6.76. The Labute approximate surface area is 121 Å². The lowest BCUT2D eigenvalue weighted by atomic mass is 10.1. The molecule has 0 aromatic carbocycles. The van der Waals surface area contributed by atoms with Gasteiger partial charge in [-0.2, -0.15) is 5.10 Å². The fourth-order valence-corrected chi connectivity index (χ4v) is 2.35. The topological polar surface area (TPSA) is 96.6 Å². The summed E-state index contributed by atoms with van der Waals surface area (Å²) in [7, 11) is 0. The normalized spacial score (nSPS) is 15.9. The molecule has 0 aliphatic heterocycles. The molecule has 0 spiro atoms. The first kappa shape index (κ1) is 13.5. The number of hydrogen-bond donors (Lipinski definition) is 2. The van der Waals surface area contributed by atoms with E-state index in [9.17, 15) is 9.59 Å². The summed E-state index contributed by atoms with van der Waals surface area (Å²) < 4.78 is 1.62. The van der Waals surface area contributed by atoms with Crippen molar-refractivity contribution in [3.63, 3.8) is 0 Å². The summed E-state index contributed by atoms with van der Waals surface area (Å²) in [5.41, 5.74) is 1.83. The van der Waals surface area contributed by atoms with Crippen LogP contribution in [0.4, 0.5) is 0 Å². The van der Waals surface area contributed by atoms with Crippen molar-refractivity contribution >= 4 is 17.5 Å². The first-order valence-electron chi connectivity index (χ1n) is 6.76. The van der Waals surface area contributed by atoms with E-state index in [1.165, 1.54) is 6.20 Å². The number of nitrogens with one attached hydrogen (secondary N) is 1. The van der Waals surface area contributed by atoms with E-state index >= 15 is 0 Å². The molecule has 21 heavy (non-hydrogen) atoms. The summed E-state index contributed by atoms with van der Waals surface area (Å²) in [6.45, 7) is 3.80. The molecule has 2 aromatic heterocycles. The van der Waals surface area contributed by atoms with Crippen LogP contribution in [0.1, 0.15) is 34.6 Å². The van der Waals surface area contributed by atoms with Gasteiger partial charge in [-0.25, -0.2) is 9.50 Å². The number of amides is 1. The molecular formula is C14H16N4O3. The molecule has 1 aliphatic carbocycles. The Morgan fingerprint density at radius 3 is 2.76 bits per heavy atom. The number of aromatic nitrogens is 3. The van der Waals surface area contributed by atoms with Crippen molar-refractivity contribution in [1.29, 1.82) is 0 Å². The molecule has 0 radical (unpaired) electrons. The van der Waals surface area contributed by atoms with Gasteiger partial charge in [-0.15, -0.1) is 0 Å². The third kappa shape index (κ3) is 2.24. The quantitative estimate of drug-likeness (QED) is 0.872. The first-order chi connectivity index (χ1) is 9.93. The van der Waals surface area contributed by atoms with Gasteiger partial charge < -0.3 is 10.4 Å². The van der Waals surface area contributed by atoms with Crippen LogP contribution < -0.4 is 5.32 Å². The van der Waals surface area contributed by atoms with Crippen molar-refractivity contribution in [2.24, 2.45) is 5.41 Å². The van der Waals surface area contributed by atoms with Gasteiger partial charge in [0.15, 0.2) is 5.65 Å². The Kier molecular flexibility index (Phi) is 2.93. The second-order valence-electron chi connectivity index (χ2n) is 5.58. The predicted molar refractivity (Wildman–Crippen MR) is 74.1 cm³/mol. The van der Waals surface area contributed by atoms with E-state index in [1.807, 2.05) is 13.0 Å². The highest BCUT2D eigenvalue weighted by Crippen LogP contribution is 2.45. The number of carbonyl (C=O) groups excluding carboxylic acids is 1. The SMILES string of the molecule is Cc1cc2ncc(C(=O)NCC3(C(=O)O)CC3)c(C)n2n1. The van der Waals surface area contributed by atoms with Crippen LogP contribution in [0, 0.1) is 19.3 Å². The molecular weight excluding hydrogens is 272 g/mol. The smallest absolute Gasteiger partial charge is 0.311 e. The molecule has 3 rings (SSSR count).